The molecule has 0 aromatic carbocycles. The van der Waals surface area contributed by atoms with E-state index in [0.29, 0.717) is 0 Å². The maximum Gasteiger partial charge on any atom is 0.107 e. The largest absolute Gasteiger partial charge is 0.347 e. The molecular formula is C11H14N4S. The second-order valence-electron chi connectivity index (χ2n) is 4.12. The van der Waals surface area contributed by atoms with E-state index in [1.807, 2.05) is 6.20 Å². The van der Waals surface area contributed by atoms with E-state index in [4.69, 9.17) is 0 Å². The number of H-pyrrole nitrogens is 1. The minimum absolute atomic E-state index is 0.762. The van der Waals surface area contributed by atoms with Crippen molar-refractivity contribution in [1.82, 2.24) is 20.3 Å². The Kier molecular flexibility index (Phi) is 2.71. The predicted molar refractivity (Wildman–Crippen MR) is 63.2 cm³/mol. The number of nitrogens with zero attached hydrogens (tertiary/aromatic N) is 2. The molecule has 1 aliphatic carbocycles. The summed E-state index contributed by atoms with van der Waals surface area (Å²) in [5, 5.41) is 6.73. The number of hydrogen-bond acceptors (Lipinski definition) is 4. The minimum Gasteiger partial charge on any atom is -0.347 e. The van der Waals surface area contributed by atoms with Gasteiger partial charge in [0.05, 0.1) is 12.0 Å². The lowest BCUT2D eigenvalue weighted by atomic mass is 10.3. The molecule has 2 aromatic rings. The summed E-state index contributed by atoms with van der Waals surface area (Å²) in [5.41, 5.74) is 2.40. The first kappa shape index (κ1) is 9.99. The van der Waals surface area contributed by atoms with Crippen LogP contribution in [0.3, 0.4) is 0 Å². The van der Waals surface area contributed by atoms with Crippen LogP contribution in [0.1, 0.15) is 35.2 Å². The smallest absolute Gasteiger partial charge is 0.107 e. The van der Waals surface area contributed by atoms with Gasteiger partial charge < -0.3 is 10.3 Å². The van der Waals surface area contributed by atoms with E-state index < -0.39 is 0 Å². The summed E-state index contributed by atoms with van der Waals surface area (Å²) in [4.78, 5) is 11.7. The van der Waals surface area contributed by atoms with Crippen LogP contribution in [-0.4, -0.2) is 15.0 Å². The molecule has 1 fully saturated rings. The first-order valence-electron chi connectivity index (χ1n) is 5.54. The van der Waals surface area contributed by atoms with Gasteiger partial charge in [0.15, 0.2) is 0 Å². The van der Waals surface area contributed by atoms with Crippen LogP contribution >= 0.6 is 11.3 Å². The van der Waals surface area contributed by atoms with Gasteiger partial charge in [-0.25, -0.2) is 9.97 Å². The van der Waals surface area contributed by atoms with Crippen LogP contribution in [0, 0.1) is 0 Å². The third kappa shape index (κ3) is 2.31. The lowest BCUT2D eigenvalue weighted by molar-refractivity contribution is 0.677. The Morgan fingerprint density at radius 3 is 3.12 bits per heavy atom. The fourth-order valence-electron chi connectivity index (χ4n) is 1.66. The Labute approximate surface area is 98.1 Å². The summed E-state index contributed by atoms with van der Waals surface area (Å²) in [5.74, 6) is 0.762. The zero-order valence-electron chi connectivity index (χ0n) is 8.94. The zero-order valence-corrected chi connectivity index (χ0v) is 9.76. The van der Waals surface area contributed by atoms with Gasteiger partial charge in [0.1, 0.15) is 5.01 Å². The molecule has 3 rings (SSSR count). The van der Waals surface area contributed by atoms with Crippen LogP contribution in [0.4, 0.5) is 0 Å². The van der Waals surface area contributed by atoms with Crippen molar-refractivity contribution >= 4 is 11.3 Å². The van der Waals surface area contributed by atoms with E-state index in [1.165, 1.54) is 23.5 Å². The second-order valence-corrected chi connectivity index (χ2v) is 5.06. The van der Waals surface area contributed by atoms with Crippen LogP contribution in [0.5, 0.6) is 0 Å². The Balaban J connectivity index is 1.50. The number of nitrogens with one attached hydrogen (secondary N) is 2. The average Bonchev–Trinajstić information content (AvgIpc) is 2.83. The van der Waals surface area contributed by atoms with Crippen LogP contribution in [-0.2, 0) is 13.1 Å². The summed E-state index contributed by atoms with van der Waals surface area (Å²) < 4.78 is 0. The molecule has 1 saturated carbocycles. The molecule has 0 bridgehead atoms. The van der Waals surface area contributed by atoms with Crippen molar-refractivity contribution in [1.29, 1.82) is 0 Å². The first-order valence-corrected chi connectivity index (χ1v) is 6.42. The van der Waals surface area contributed by atoms with Gasteiger partial charge in [-0.15, -0.1) is 11.3 Å². The normalized spacial score (nSPS) is 15.5. The predicted octanol–water partition coefficient (Wildman–Crippen LogP) is 2.03. The van der Waals surface area contributed by atoms with Gasteiger partial charge in [0.2, 0.25) is 0 Å². The first-order chi connectivity index (χ1) is 7.92. The highest BCUT2D eigenvalue weighted by atomic mass is 32.1. The molecule has 0 atom stereocenters. The molecule has 1 aliphatic rings. The number of hydrogen-bond donors (Lipinski definition) is 2. The minimum atomic E-state index is 0.762. The lowest BCUT2D eigenvalue weighted by Crippen LogP contribution is -2.12. The van der Waals surface area contributed by atoms with E-state index in [9.17, 15) is 0 Å². The highest BCUT2D eigenvalue weighted by Crippen LogP contribution is 2.40. The van der Waals surface area contributed by atoms with Crippen molar-refractivity contribution in [2.75, 3.05) is 0 Å². The number of rotatable bonds is 5. The maximum atomic E-state index is 4.62. The highest BCUT2D eigenvalue weighted by molar-refractivity contribution is 7.09. The number of imidazole rings is 1. The third-order valence-electron chi connectivity index (χ3n) is 2.71. The van der Waals surface area contributed by atoms with Crippen LogP contribution < -0.4 is 5.32 Å². The van der Waals surface area contributed by atoms with Gasteiger partial charge in [0, 0.05) is 36.3 Å². The van der Waals surface area contributed by atoms with E-state index in [2.05, 4.69) is 25.6 Å². The van der Waals surface area contributed by atoms with E-state index in [1.54, 1.807) is 17.7 Å². The summed E-state index contributed by atoms with van der Waals surface area (Å²) in [7, 11) is 0. The van der Waals surface area contributed by atoms with Gasteiger partial charge >= 0.3 is 0 Å². The molecule has 0 radical (unpaired) electrons. The van der Waals surface area contributed by atoms with Crippen molar-refractivity contribution in [2.24, 2.45) is 0 Å². The fourth-order valence-corrected chi connectivity index (χ4v) is 2.50. The van der Waals surface area contributed by atoms with E-state index in [-0.39, 0.29) is 0 Å². The zero-order chi connectivity index (χ0) is 10.8. The van der Waals surface area contributed by atoms with Crippen LogP contribution in [0.25, 0.3) is 0 Å². The highest BCUT2D eigenvalue weighted by Gasteiger charge is 2.25. The topological polar surface area (TPSA) is 53.6 Å². The molecule has 0 amide bonds. The van der Waals surface area contributed by atoms with Crippen molar-refractivity contribution < 1.29 is 0 Å². The molecule has 4 nitrogen and oxygen atoms in total. The van der Waals surface area contributed by atoms with Crippen molar-refractivity contribution in [2.45, 2.75) is 31.8 Å². The Hall–Kier alpha value is -1.20. The van der Waals surface area contributed by atoms with Gasteiger partial charge in [-0.05, 0) is 12.8 Å². The molecular weight excluding hydrogens is 220 g/mol. The Morgan fingerprint density at radius 1 is 1.44 bits per heavy atom. The summed E-state index contributed by atoms with van der Waals surface area (Å²) >= 11 is 1.76. The van der Waals surface area contributed by atoms with Crippen molar-refractivity contribution in [3.8, 4) is 0 Å². The third-order valence-corrected chi connectivity index (χ3v) is 3.58. The summed E-state index contributed by atoms with van der Waals surface area (Å²) in [6.07, 6.45) is 6.19. The Bertz CT molecular complexity index is 444. The SMILES string of the molecule is c1ncc(CNCc2nc(C3CC3)cs2)[nH]1. The number of aromatic amines is 1. The number of aromatic nitrogens is 3. The number of thiazole rings is 1. The standard InChI is InChI=1S/C11H14N4S/c1-2-8(1)10-6-16-11(15-10)5-12-3-9-4-13-7-14-9/h4,6-8,12H,1-3,5H2,(H,13,14). The second kappa shape index (κ2) is 4.35. The molecule has 16 heavy (non-hydrogen) atoms. The fraction of sp³-hybridized carbons (Fsp3) is 0.455. The van der Waals surface area contributed by atoms with Gasteiger partial charge in [-0.3, -0.25) is 0 Å². The Morgan fingerprint density at radius 2 is 2.38 bits per heavy atom. The van der Waals surface area contributed by atoms with E-state index >= 15 is 0 Å². The summed E-state index contributed by atoms with van der Waals surface area (Å²) in [6.45, 7) is 1.66. The molecule has 0 unspecified atom stereocenters. The molecule has 5 heteroatoms. The van der Waals surface area contributed by atoms with Gasteiger partial charge in [0.25, 0.3) is 0 Å². The molecule has 2 N–H and O–H groups in total. The average molecular weight is 234 g/mol. The van der Waals surface area contributed by atoms with Crippen molar-refractivity contribution in [3.63, 3.8) is 0 Å². The quantitative estimate of drug-likeness (QED) is 0.832. The molecule has 84 valence electrons. The molecule has 2 aromatic heterocycles. The lowest BCUT2D eigenvalue weighted by Gasteiger charge is -1.99. The van der Waals surface area contributed by atoms with E-state index in [0.717, 1.165) is 24.7 Å². The van der Waals surface area contributed by atoms with Crippen molar-refractivity contribution in [3.05, 3.63) is 34.3 Å². The van der Waals surface area contributed by atoms with Crippen LogP contribution in [0.2, 0.25) is 0 Å². The summed E-state index contributed by atoms with van der Waals surface area (Å²) in [6, 6.07) is 0. The van der Waals surface area contributed by atoms with Gasteiger partial charge in [-0.2, -0.15) is 0 Å². The van der Waals surface area contributed by atoms with Crippen LogP contribution in [0.15, 0.2) is 17.9 Å². The monoisotopic (exact) mass is 234 g/mol. The molecule has 0 spiro atoms. The maximum absolute atomic E-state index is 4.62. The van der Waals surface area contributed by atoms with Gasteiger partial charge in [-0.1, -0.05) is 0 Å². The molecule has 2 heterocycles. The molecule has 0 saturated heterocycles. The molecule has 0 aliphatic heterocycles.